The van der Waals surface area contributed by atoms with Crippen LogP contribution >= 0.6 is 34.8 Å². The van der Waals surface area contributed by atoms with Gasteiger partial charge in [0.1, 0.15) is 23.8 Å². The van der Waals surface area contributed by atoms with Crippen LogP contribution in [0.1, 0.15) is 11.1 Å². The minimum absolute atomic E-state index is 0.0638. The van der Waals surface area contributed by atoms with Crippen LogP contribution in [-0.4, -0.2) is 19.7 Å². The van der Waals surface area contributed by atoms with E-state index in [9.17, 15) is 17.6 Å². The topological polar surface area (TPSA) is 52.8 Å². The monoisotopic (exact) mass is 530 g/mol. The Bertz CT molecular complexity index is 1350. The molecule has 0 aliphatic carbocycles. The van der Waals surface area contributed by atoms with Crippen molar-refractivity contribution in [2.75, 3.05) is 0 Å². The molecule has 0 spiro atoms. The smallest absolute Gasteiger partial charge is 0.417 e. The van der Waals surface area contributed by atoms with Gasteiger partial charge in [-0.1, -0.05) is 40.9 Å². The van der Waals surface area contributed by atoms with E-state index in [-0.39, 0.29) is 33.1 Å². The van der Waals surface area contributed by atoms with Crippen LogP contribution in [0, 0.1) is 5.82 Å². The van der Waals surface area contributed by atoms with E-state index in [1.165, 1.54) is 29.2 Å². The first kappa shape index (κ1) is 24.3. The van der Waals surface area contributed by atoms with Crippen LogP contribution in [-0.2, 0) is 19.8 Å². The average Bonchev–Trinajstić information content (AvgIpc) is 3.19. The van der Waals surface area contributed by atoms with E-state index < -0.39 is 17.6 Å². The summed E-state index contributed by atoms with van der Waals surface area (Å²) in [6.07, 6.45) is -2.51. The molecule has 4 rings (SSSR count). The molecule has 0 saturated carbocycles. The highest BCUT2D eigenvalue weighted by atomic mass is 35.5. The highest BCUT2D eigenvalue weighted by Gasteiger charge is 2.32. The third-order valence-electron chi connectivity index (χ3n) is 4.77. The van der Waals surface area contributed by atoms with Crippen molar-refractivity contribution in [2.24, 2.45) is 7.05 Å². The van der Waals surface area contributed by atoms with Crippen molar-refractivity contribution in [3.63, 3.8) is 0 Å². The number of hydrogen-bond donors (Lipinski definition) is 0. The number of aryl methyl sites for hydroxylation is 1. The molecule has 0 saturated heterocycles. The molecular formula is C22H13Cl3F4N4O. The predicted octanol–water partition coefficient (Wildman–Crippen LogP) is 7.24. The number of hydrogen-bond acceptors (Lipinski definition) is 4. The van der Waals surface area contributed by atoms with Crippen molar-refractivity contribution in [2.45, 2.75) is 12.8 Å². The second-order valence-electron chi connectivity index (χ2n) is 7.12. The van der Waals surface area contributed by atoms with Gasteiger partial charge in [-0.15, -0.1) is 0 Å². The molecule has 34 heavy (non-hydrogen) atoms. The van der Waals surface area contributed by atoms with Gasteiger partial charge >= 0.3 is 6.18 Å². The van der Waals surface area contributed by atoms with Gasteiger partial charge in [-0.2, -0.15) is 18.3 Å². The van der Waals surface area contributed by atoms with Crippen molar-refractivity contribution in [1.29, 1.82) is 0 Å². The number of alkyl halides is 3. The maximum absolute atomic E-state index is 14.8. The van der Waals surface area contributed by atoms with Crippen LogP contribution in [0.25, 0.3) is 22.5 Å². The lowest BCUT2D eigenvalue weighted by molar-refractivity contribution is -0.137. The fraction of sp³-hybridized carbons (Fsp3) is 0.136. The van der Waals surface area contributed by atoms with Gasteiger partial charge in [-0.05, 0) is 35.9 Å². The Morgan fingerprint density at radius 3 is 2.38 bits per heavy atom. The van der Waals surface area contributed by atoms with Crippen molar-refractivity contribution in [3.8, 4) is 28.4 Å². The maximum atomic E-state index is 14.8. The molecule has 4 aromatic rings. The van der Waals surface area contributed by atoms with Crippen molar-refractivity contribution in [3.05, 3.63) is 80.9 Å². The fourth-order valence-electron chi connectivity index (χ4n) is 3.19. The standard InChI is InChI=1S/C22H13Cl3F4N4O/c1-33-10-31-20(32-33)11-5-13(19-15(23)3-2-4-18(19)26)14(16(24)6-11)9-34-21-17(25)7-12(8-30-21)22(27,28)29/h2-8,10H,9H2,1H3. The highest BCUT2D eigenvalue weighted by molar-refractivity contribution is 6.34. The summed E-state index contributed by atoms with van der Waals surface area (Å²) in [6.45, 7) is -0.285. The Kier molecular flexibility index (Phi) is 6.71. The normalized spacial score (nSPS) is 11.6. The molecule has 0 bridgehead atoms. The fourth-order valence-corrected chi connectivity index (χ4v) is 3.95. The van der Waals surface area contributed by atoms with Crippen LogP contribution in [0.15, 0.2) is 48.9 Å². The molecule has 0 fully saturated rings. The van der Waals surface area contributed by atoms with Gasteiger partial charge in [0.25, 0.3) is 0 Å². The summed E-state index contributed by atoms with van der Waals surface area (Å²) in [6, 6.07) is 8.07. The van der Waals surface area contributed by atoms with Gasteiger partial charge in [0.15, 0.2) is 5.82 Å². The lowest BCUT2D eigenvalue weighted by Crippen LogP contribution is -2.07. The molecule has 0 amide bonds. The zero-order valence-electron chi connectivity index (χ0n) is 17.2. The second-order valence-corrected chi connectivity index (χ2v) is 8.34. The molecule has 0 aliphatic heterocycles. The van der Waals surface area contributed by atoms with Crippen LogP contribution in [0.3, 0.4) is 0 Å². The summed E-state index contributed by atoms with van der Waals surface area (Å²) in [4.78, 5) is 7.84. The third kappa shape index (κ3) is 4.96. The first-order valence-electron chi connectivity index (χ1n) is 9.53. The predicted molar refractivity (Wildman–Crippen MR) is 120 cm³/mol. The maximum Gasteiger partial charge on any atom is 0.417 e. The number of benzene rings is 2. The summed E-state index contributed by atoms with van der Waals surface area (Å²) in [7, 11) is 1.69. The molecular weight excluding hydrogens is 519 g/mol. The zero-order valence-corrected chi connectivity index (χ0v) is 19.4. The van der Waals surface area contributed by atoms with Crippen molar-refractivity contribution >= 4 is 34.8 Å². The van der Waals surface area contributed by atoms with Gasteiger partial charge in [0.05, 0.1) is 10.6 Å². The largest absolute Gasteiger partial charge is 0.472 e. The Hall–Kier alpha value is -2.88. The van der Waals surface area contributed by atoms with Gasteiger partial charge in [-0.3, -0.25) is 4.68 Å². The van der Waals surface area contributed by atoms with Crippen molar-refractivity contribution < 1.29 is 22.3 Å². The molecule has 2 aromatic carbocycles. The Morgan fingerprint density at radius 1 is 1.00 bits per heavy atom. The third-order valence-corrected chi connectivity index (χ3v) is 5.70. The highest BCUT2D eigenvalue weighted by Crippen LogP contribution is 2.40. The van der Waals surface area contributed by atoms with E-state index in [0.717, 1.165) is 0 Å². The lowest BCUT2D eigenvalue weighted by atomic mass is 9.96. The van der Waals surface area contributed by atoms with Crippen LogP contribution < -0.4 is 4.74 Å². The summed E-state index contributed by atoms with van der Waals surface area (Å²) in [5.74, 6) is -0.508. The molecule has 2 heterocycles. The number of ether oxygens (including phenoxy) is 1. The molecule has 0 aliphatic rings. The van der Waals surface area contributed by atoms with Crippen LogP contribution in [0.4, 0.5) is 17.6 Å². The van der Waals surface area contributed by atoms with Crippen molar-refractivity contribution in [1.82, 2.24) is 19.7 Å². The zero-order chi connectivity index (χ0) is 24.6. The van der Waals surface area contributed by atoms with E-state index in [4.69, 9.17) is 39.5 Å². The van der Waals surface area contributed by atoms with Crippen LogP contribution in [0.5, 0.6) is 5.88 Å². The minimum Gasteiger partial charge on any atom is -0.472 e. The van der Waals surface area contributed by atoms with Gasteiger partial charge < -0.3 is 4.74 Å². The van der Waals surface area contributed by atoms with E-state index in [1.54, 1.807) is 19.2 Å². The Labute approximate surface area is 205 Å². The number of rotatable bonds is 5. The van der Waals surface area contributed by atoms with Gasteiger partial charge in [0, 0.05) is 35.0 Å². The first-order valence-corrected chi connectivity index (χ1v) is 10.7. The molecule has 5 nitrogen and oxygen atoms in total. The van der Waals surface area contributed by atoms with Crippen LogP contribution in [0.2, 0.25) is 15.1 Å². The molecule has 176 valence electrons. The molecule has 0 N–H and O–H groups in total. The summed E-state index contributed by atoms with van der Waals surface area (Å²) >= 11 is 18.8. The number of aromatic nitrogens is 4. The SMILES string of the molecule is Cn1cnc(-c2cc(Cl)c(COc3ncc(C(F)(F)F)cc3Cl)c(-c3c(F)cccc3Cl)c2)n1. The number of pyridine rings is 1. The molecule has 12 heteroatoms. The quantitative estimate of drug-likeness (QED) is 0.255. The van der Waals surface area contributed by atoms with E-state index in [0.29, 0.717) is 34.8 Å². The average molecular weight is 532 g/mol. The van der Waals surface area contributed by atoms with E-state index >= 15 is 0 Å². The van der Waals surface area contributed by atoms with E-state index in [1.807, 2.05) is 0 Å². The summed E-state index contributed by atoms with van der Waals surface area (Å²) in [5, 5.41) is 4.18. The molecule has 0 radical (unpaired) electrons. The Balaban J connectivity index is 1.78. The summed E-state index contributed by atoms with van der Waals surface area (Å²) < 4.78 is 60.5. The number of halogens is 7. The first-order chi connectivity index (χ1) is 16.0. The van der Waals surface area contributed by atoms with Gasteiger partial charge in [-0.25, -0.2) is 14.4 Å². The number of nitrogens with zero attached hydrogens (tertiary/aromatic N) is 4. The molecule has 0 unspecified atom stereocenters. The van der Waals surface area contributed by atoms with Gasteiger partial charge in [0.2, 0.25) is 5.88 Å². The minimum atomic E-state index is -4.61. The molecule has 2 aromatic heterocycles. The molecule has 0 atom stereocenters. The lowest BCUT2D eigenvalue weighted by Gasteiger charge is -2.16. The second kappa shape index (κ2) is 9.40. The Morgan fingerprint density at radius 2 is 1.76 bits per heavy atom. The van der Waals surface area contributed by atoms with E-state index in [2.05, 4.69) is 15.1 Å². The summed E-state index contributed by atoms with van der Waals surface area (Å²) in [5.41, 5.74) is 0.143.